The third kappa shape index (κ3) is 3.25. The van der Waals surface area contributed by atoms with Gasteiger partial charge in [0.1, 0.15) is 29.7 Å². The summed E-state index contributed by atoms with van der Waals surface area (Å²) in [7, 11) is 1.92. The first-order valence-electron chi connectivity index (χ1n) is 7.03. The third-order valence-electron chi connectivity index (χ3n) is 3.34. The molecule has 0 aliphatic heterocycles. The lowest BCUT2D eigenvalue weighted by Crippen LogP contribution is -2.04. The second-order valence-electron chi connectivity index (χ2n) is 4.90. The van der Waals surface area contributed by atoms with Gasteiger partial charge in [-0.15, -0.1) is 10.2 Å². The average molecular weight is 295 g/mol. The fraction of sp³-hybridized carbons (Fsp3) is 0.176. The lowest BCUT2D eigenvalue weighted by atomic mass is 10.3. The van der Waals surface area contributed by atoms with Gasteiger partial charge in [0.15, 0.2) is 5.82 Å². The lowest BCUT2D eigenvalue weighted by Gasteiger charge is -2.09. The monoisotopic (exact) mass is 295 g/mol. The van der Waals surface area contributed by atoms with E-state index in [0.29, 0.717) is 6.61 Å². The first-order valence-corrected chi connectivity index (χ1v) is 7.03. The van der Waals surface area contributed by atoms with Gasteiger partial charge in [-0.3, -0.25) is 0 Å². The van der Waals surface area contributed by atoms with Crippen molar-refractivity contribution in [3.63, 3.8) is 0 Å². The van der Waals surface area contributed by atoms with Gasteiger partial charge < -0.3 is 14.0 Å². The molecule has 0 saturated heterocycles. The van der Waals surface area contributed by atoms with Crippen LogP contribution in [-0.2, 0) is 13.7 Å². The van der Waals surface area contributed by atoms with Gasteiger partial charge in [-0.05, 0) is 31.2 Å². The van der Waals surface area contributed by atoms with Crippen LogP contribution in [0, 0.1) is 6.92 Å². The zero-order valence-corrected chi connectivity index (χ0v) is 12.6. The second-order valence-corrected chi connectivity index (χ2v) is 4.90. The van der Waals surface area contributed by atoms with Gasteiger partial charge >= 0.3 is 0 Å². The molecule has 0 fully saturated rings. The van der Waals surface area contributed by atoms with Crippen molar-refractivity contribution in [1.82, 2.24) is 14.8 Å². The normalized spacial score (nSPS) is 10.5. The van der Waals surface area contributed by atoms with Crippen LogP contribution in [0.2, 0.25) is 0 Å². The van der Waals surface area contributed by atoms with Crippen molar-refractivity contribution in [2.45, 2.75) is 13.5 Å². The fourth-order valence-corrected chi connectivity index (χ4v) is 1.98. The molecule has 3 rings (SSSR count). The molecule has 1 aromatic heterocycles. The van der Waals surface area contributed by atoms with Crippen molar-refractivity contribution in [2.24, 2.45) is 7.05 Å². The highest BCUT2D eigenvalue weighted by Gasteiger charge is 2.06. The molecule has 22 heavy (non-hydrogen) atoms. The molecule has 0 N–H and O–H groups in total. The summed E-state index contributed by atoms with van der Waals surface area (Å²) in [6.07, 6.45) is 0. The first-order chi connectivity index (χ1) is 10.7. The van der Waals surface area contributed by atoms with Crippen LogP contribution in [0.5, 0.6) is 17.2 Å². The molecule has 0 atom stereocenters. The summed E-state index contributed by atoms with van der Waals surface area (Å²) in [4.78, 5) is 0. The zero-order valence-electron chi connectivity index (χ0n) is 12.6. The summed E-state index contributed by atoms with van der Waals surface area (Å²) >= 11 is 0. The summed E-state index contributed by atoms with van der Waals surface area (Å²) in [5.74, 6) is 3.90. The molecule has 0 amide bonds. The molecule has 0 spiro atoms. The van der Waals surface area contributed by atoms with Crippen LogP contribution in [-0.4, -0.2) is 14.8 Å². The zero-order chi connectivity index (χ0) is 15.4. The molecule has 0 aliphatic rings. The van der Waals surface area contributed by atoms with Gasteiger partial charge in [0, 0.05) is 13.1 Å². The molecule has 2 aromatic carbocycles. The van der Waals surface area contributed by atoms with Crippen molar-refractivity contribution in [2.75, 3.05) is 0 Å². The number of hydrogen-bond acceptors (Lipinski definition) is 4. The van der Waals surface area contributed by atoms with Crippen LogP contribution < -0.4 is 9.47 Å². The third-order valence-corrected chi connectivity index (χ3v) is 3.34. The minimum atomic E-state index is 0.367. The standard InChI is InChI=1S/C17H17N3O2/c1-13-18-19-17(20(13)2)12-21-15-9-6-10-16(11-15)22-14-7-4-3-5-8-14/h3-11H,12H2,1-2H3. The molecule has 5 heteroatoms. The Kier molecular flexibility index (Phi) is 4.05. The van der Waals surface area contributed by atoms with E-state index in [1.807, 2.05) is 73.1 Å². The highest BCUT2D eigenvalue weighted by Crippen LogP contribution is 2.25. The molecule has 0 saturated carbocycles. The predicted octanol–water partition coefficient (Wildman–Crippen LogP) is 3.49. The minimum absolute atomic E-state index is 0.367. The van der Waals surface area contributed by atoms with Gasteiger partial charge in [-0.2, -0.15) is 0 Å². The molecule has 0 aliphatic carbocycles. The van der Waals surface area contributed by atoms with Crippen LogP contribution >= 0.6 is 0 Å². The van der Waals surface area contributed by atoms with E-state index in [-0.39, 0.29) is 0 Å². The second kappa shape index (κ2) is 6.30. The summed E-state index contributed by atoms with van der Waals surface area (Å²) in [5.41, 5.74) is 0. The molecular weight excluding hydrogens is 278 g/mol. The number of aromatic nitrogens is 3. The van der Waals surface area contributed by atoms with E-state index in [9.17, 15) is 0 Å². The Morgan fingerprint density at radius 1 is 0.909 bits per heavy atom. The Morgan fingerprint density at radius 2 is 1.64 bits per heavy atom. The maximum atomic E-state index is 5.79. The van der Waals surface area contributed by atoms with E-state index in [2.05, 4.69) is 10.2 Å². The average Bonchev–Trinajstić information content (AvgIpc) is 2.86. The number of para-hydroxylation sites is 1. The maximum absolute atomic E-state index is 5.79. The number of ether oxygens (including phenoxy) is 2. The van der Waals surface area contributed by atoms with Crippen LogP contribution in [0.25, 0.3) is 0 Å². The van der Waals surface area contributed by atoms with Gasteiger partial charge in [0.05, 0.1) is 0 Å². The number of aryl methyl sites for hydroxylation is 1. The van der Waals surface area contributed by atoms with Crippen LogP contribution in [0.3, 0.4) is 0 Å². The van der Waals surface area contributed by atoms with E-state index < -0.39 is 0 Å². The fourth-order valence-electron chi connectivity index (χ4n) is 1.98. The van der Waals surface area contributed by atoms with Crippen molar-refractivity contribution >= 4 is 0 Å². The quantitative estimate of drug-likeness (QED) is 0.723. The molecule has 0 unspecified atom stereocenters. The van der Waals surface area contributed by atoms with Gasteiger partial charge in [0.25, 0.3) is 0 Å². The Hall–Kier alpha value is -2.82. The summed E-state index contributed by atoms with van der Waals surface area (Å²) in [6.45, 7) is 2.27. The molecule has 3 aromatic rings. The Labute approximate surface area is 129 Å². The predicted molar refractivity (Wildman–Crippen MR) is 83.0 cm³/mol. The molecule has 0 radical (unpaired) electrons. The van der Waals surface area contributed by atoms with Gasteiger partial charge in [-0.1, -0.05) is 24.3 Å². The van der Waals surface area contributed by atoms with Crippen LogP contribution in [0.15, 0.2) is 54.6 Å². The largest absolute Gasteiger partial charge is 0.485 e. The number of nitrogens with zero attached hydrogens (tertiary/aromatic N) is 3. The first kappa shape index (κ1) is 14.1. The summed E-state index contributed by atoms with van der Waals surface area (Å²) in [5, 5.41) is 8.09. The number of benzene rings is 2. The van der Waals surface area contributed by atoms with Gasteiger partial charge in [0.2, 0.25) is 0 Å². The SMILES string of the molecule is Cc1nnc(COc2cccc(Oc3ccccc3)c2)n1C. The topological polar surface area (TPSA) is 49.2 Å². The van der Waals surface area contributed by atoms with Crippen molar-refractivity contribution in [3.8, 4) is 17.2 Å². The molecule has 5 nitrogen and oxygen atoms in total. The van der Waals surface area contributed by atoms with Crippen LogP contribution in [0.1, 0.15) is 11.6 Å². The number of rotatable bonds is 5. The molecule has 1 heterocycles. The Bertz CT molecular complexity index is 754. The molecular formula is C17H17N3O2. The van der Waals surface area contributed by atoms with Crippen molar-refractivity contribution in [3.05, 3.63) is 66.2 Å². The van der Waals surface area contributed by atoms with E-state index in [0.717, 1.165) is 28.9 Å². The van der Waals surface area contributed by atoms with Crippen molar-refractivity contribution in [1.29, 1.82) is 0 Å². The number of hydrogen-bond donors (Lipinski definition) is 0. The summed E-state index contributed by atoms with van der Waals surface area (Å²) in [6, 6.07) is 17.2. The van der Waals surface area contributed by atoms with Gasteiger partial charge in [-0.25, -0.2) is 0 Å². The van der Waals surface area contributed by atoms with E-state index in [1.165, 1.54) is 0 Å². The van der Waals surface area contributed by atoms with E-state index >= 15 is 0 Å². The minimum Gasteiger partial charge on any atom is -0.485 e. The lowest BCUT2D eigenvalue weighted by molar-refractivity contribution is 0.289. The highest BCUT2D eigenvalue weighted by molar-refractivity contribution is 5.36. The Morgan fingerprint density at radius 3 is 2.36 bits per heavy atom. The smallest absolute Gasteiger partial charge is 0.170 e. The van der Waals surface area contributed by atoms with Crippen LogP contribution in [0.4, 0.5) is 0 Å². The maximum Gasteiger partial charge on any atom is 0.170 e. The van der Waals surface area contributed by atoms with E-state index in [1.54, 1.807) is 0 Å². The molecule has 0 bridgehead atoms. The van der Waals surface area contributed by atoms with E-state index in [4.69, 9.17) is 9.47 Å². The summed E-state index contributed by atoms with van der Waals surface area (Å²) < 4.78 is 13.5. The highest BCUT2D eigenvalue weighted by atomic mass is 16.5. The Balaban J connectivity index is 1.67. The van der Waals surface area contributed by atoms with Crippen molar-refractivity contribution < 1.29 is 9.47 Å². The molecule has 112 valence electrons.